The van der Waals surface area contributed by atoms with E-state index >= 15 is 0 Å². The second-order valence-corrected chi connectivity index (χ2v) is 7.55. The number of anilines is 2. The molecule has 2 N–H and O–H groups in total. The van der Waals surface area contributed by atoms with Gasteiger partial charge in [0, 0.05) is 16.5 Å². The van der Waals surface area contributed by atoms with Crippen LogP contribution in [0.5, 0.6) is 0 Å². The van der Waals surface area contributed by atoms with Crippen molar-refractivity contribution in [3.8, 4) is 0 Å². The molecule has 0 atom stereocenters. The molecule has 0 heterocycles. The Bertz CT molecular complexity index is 1440. The smallest absolute Gasteiger partial charge is 0.255 e. The number of carbonyl (C=O) groups excluding carboxylic acids is 2. The Balaban J connectivity index is 1.63. The first-order valence-corrected chi connectivity index (χ1v) is 10.4. The van der Waals surface area contributed by atoms with Crippen molar-refractivity contribution in [2.75, 3.05) is 10.6 Å². The lowest BCUT2D eigenvalue weighted by Crippen LogP contribution is -2.17. The van der Waals surface area contributed by atoms with Crippen molar-refractivity contribution in [2.45, 2.75) is 0 Å². The zero-order chi connectivity index (χ0) is 21.9. The lowest BCUT2D eigenvalue weighted by atomic mass is 10.0. The lowest BCUT2D eigenvalue weighted by Gasteiger charge is -2.16. The van der Waals surface area contributed by atoms with E-state index < -0.39 is 0 Å². The van der Waals surface area contributed by atoms with E-state index in [-0.39, 0.29) is 11.8 Å². The van der Waals surface area contributed by atoms with Crippen LogP contribution in [-0.2, 0) is 0 Å². The fourth-order valence-electron chi connectivity index (χ4n) is 3.81. The van der Waals surface area contributed by atoms with Gasteiger partial charge in [0.2, 0.25) is 0 Å². The number of benzene rings is 5. The molecule has 0 aromatic heterocycles. The molecule has 5 rings (SSSR count). The average Bonchev–Trinajstić information content (AvgIpc) is 2.85. The molecule has 0 bridgehead atoms. The summed E-state index contributed by atoms with van der Waals surface area (Å²) in [5, 5.41) is 10.0. The highest BCUT2D eigenvalue weighted by Gasteiger charge is 2.16. The van der Waals surface area contributed by atoms with Gasteiger partial charge in [-0.25, -0.2) is 0 Å². The van der Waals surface area contributed by atoms with Gasteiger partial charge in [-0.15, -0.1) is 0 Å². The molecule has 0 aliphatic carbocycles. The highest BCUT2D eigenvalue weighted by molar-refractivity contribution is 6.17. The number of amides is 2. The summed E-state index contributed by atoms with van der Waals surface area (Å²) in [6.07, 6.45) is 0. The average molecular weight is 416 g/mol. The Hall–Kier alpha value is -4.44. The molecule has 2 amide bonds. The van der Waals surface area contributed by atoms with Gasteiger partial charge < -0.3 is 10.6 Å². The van der Waals surface area contributed by atoms with Crippen molar-refractivity contribution >= 4 is 44.7 Å². The Labute approximate surface area is 185 Å². The topological polar surface area (TPSA) is 58.2 Å². The van der Waals surface area contributed by atoms with Crippen molar-refractivity contribution in [2.24, 2.45) is 0 Å². The SMILES string of the molecule is O=C(Nc1ccc2cc3ccccc3cc2c1NC(=O)c1ccccc1)c1ccccc1. The highest BCUT2D eigenvalue weighted by Crippen LogP contribution is 2.35. The Morgan fingerprint density at radius 2 is 1.03 bits per heavy atom. The van der Waals surface area contributed by atoms with E-state index in [2.05, 4.69) is 22.8 Å². The maximum atomic E-state index is 13.0. The molecule has 4 heteroatoms. The fraction of sp³-hybridized carbons (Fsp3) is 0. The Kier molecular flexibility index (Phi) is 5.10. The third-order valence-electron chi connectivity index (χ3n) is 5.44. The summed E-state index contributed by atoms with van der Waals surface area (Å²) >= 11 is 0. The first-order valence-electron chi connectivity index (χ1n) is 10.4. The molecule has 0 aliphatic rings. The monoisotopic (exact) mass is 416 g/mol. The van der Waals surface area contributed by atoms with Gasteiger partial charge in [-0.2, -0.15) is 0 Å². The standard InChI is InChI=1S/C28H20N2O2/c31-27(19-9-3-1-4-10-19)29-25-16-15-23-17-21-13-7-8-14-22(21)18-24(23)26(25)30-28(32)20-11-5-2-6-12-20/h1-18H,(H,29,31)(H,30,32). The molecule has 0 unspecified atom stereocenters. The summed E-state index contributed by atoms with van der Waals surface area (Å²) in [4.78, 5) is 25.9. The van der Waals surface area contributed by atoms with Crippen LogP contribution in [0, 0.1) is 0 Å². The number of hydrogen-bond acceptors (Lipinski definition) is 2. The molecule has 0 fully saturated rings. The van der Waals surface area contributed by atoms with Gasteiger partial charge in [-0.1, -0.05) is 66.7 Å². The number of hydrogen-bond donors (Lipinski definition) is 2. The van der Waals surface area contributed by atoms with E-state index in [4.69, 9.17) is 0 Å². The van der Waals surface area contributed by atoms with Crippen LogP contribution in [0.15, 0.2) is 109 Å². The second-order valence-electron chi connectivity index (χ2n) is 7.55. The molecule has 0 spiro atoms. The van der Waals surface area contributed by atoms with Crippen LogP contribution >= 0.6 is 0 Å². The van der Waals surface area contributed by atoms with Crippen molar-refractivity contribution in [1.82, 2.24) is 0 Å². The molecule has 5 aromatic carbocycles. The largest absolute Gasteiger partial charge is 0.320 e. The van der Waals surface area contributed by atoms with Gasteiger partial charge >= 0.3 is 0 Å². The third-order valence-corrected chi connectivity index (χ3v) is 5.44. The molecular formula is C28H20N2O2. The number of nitrogens with one attached hydrogen (secondary N) is 2. The van der Waals surface area contributed by atoms with Crippen LogP contribution in [-0.4, -0.2) is 11.8 Å². The Morgan fingerprint density at radius 3 is 1.66 bits per heavy atom. The van der Waals surface area contributed by atoms with Gasteiger partial charge in [0.25, 0.3) is 11.8 Å². The first kappa shape index (κ1) is 19.5. The molecule has 0 aliphatic heterocycles. The van der Waals surface area contributed by atoms with Crippen molar-refractivity contribution in [3.05, 3.63) is 120 Å². The van der Waals surface area contributed by atoms with Crippen LogP contribution in [0.1, 0.15) is 20.7 Å². The van der Waals surface area contributed by atoms with E-state index in [0.29, 0.717) is 22.5 Å². The second kappa shape index (κ2) is 8.36. The lowest BCUT2D eigenvalue weighted by molar-refractivity contribution is 0.101. The predicted molar refractivity (Wildman–Crippen MR) is 130 cm³/mol. The summed E-state index contributed by atoms with van der Waals surface area (Å²) in [5.74, 6) is -0.470. The number of fused-ring (bicyclic) bond motifs is 2. The molecule has 5 aromatic rings. The fourth-order valence-corrected chi connectivity index (χ4v) is 3.81. The van der Waals surface area contributed by atoms with Crippen molar-refractivity contribution in [3.63, 3.8) is 0 Å². The van der Waals surface area contributed by atoms with Crippen molar-refractivity contribution < 1.29 is 9.59 Å². The minimum absolute atomic E-state index is 0.235. The van der Waals surface area contributed by atoms with E-state index in [1.54, 1.807) is 24.3 Å². The summed E-state index contributed by atoms with van der Waals surface area (Å²) in [6.45, 7) is 0. The van der Waals surface area contributed by atoms with Gasteiger partial charge in [0.1, 0.15) is 0 Å². The highest BCUT2D eigenvalue weighted by atomic mass is 16.2. The normalized spacial score (nSPS) is 10.8. The maximum absolute atomic E-state index is 13.0. The van der Waals surface area contributed by atoms with Gasteiger partial charge in [0.05, 0.1) is 11.4 Å². The van der Waals surface area contributed by atoms with Crippen LogP contribution in [0.3, 0.4) is 0 Å². The van der Waals surface area contributed by atoms with Crippen LogP contribution in [0.4, 0.5) is 11.4 Å². The minimum atomic E-state index is -0.235. The molecule has 154 valence electrons. The van der Waals surface area contributed by atoms with Gasteiger partial charge in [-0.3, -0.25) is 9.59 Å². The Morgan fingerprint density at radius 1 is 0.500 bits per heavy atom. The molecular weight excluding hydrogens is 396 g/mol. The van der Waals surface area contributed by atoms with Crippen LogP contribution in [0.2, 0.25) is 0 Å². The zero-order valence-corrected chi connectivity index (χ0v) is 17.2. The molecule has 32 heavy (non-hydrogen) atoms. The molecule has 0 saturated heterocycles. The minimum Gasteiger partial charge on any atom is -0.320 e. The van der Waals surface area contributed by atoms with Gasteiger partial charge in [0.15, 0.2) is 0 Å². The maximum Gasteiger partial charge on any atom is 0.255 e. The van der Waals surface area contributed by atoms with Gasteiger partial charge in [-0.05, 0) is 58.6 Å². The van der Waals surface area contributed by atoms with E-state index in [1.165, 1.54) is 0 Å². The number of carbonyl (C=O) groups is 2. The van der Waals surface area contributed by atoms with Crippen LogP contribution in [0.25, 0.3) is 21.5 Å². The summed E-state index contributed by atoms with van der Waals surface area (Å²) in [5.41, 5.74) is 2.22. The third kappa shape index (κ3) is 3.82. The van der Waals surface area contributed by atoms with Crippen LogP contribution < -0.4 is 10.6 Å². The number of rotatable bonds is 4. The first-order chi connectivity index (χ1) is 15.7. The molecule has 4 nitrogen and oxygen atoms in total. The molecule has 0 saturated carbocycles. The summed E-state index contributed by atoms with van der Waals surface area (Å²) in [7, 11) is 0. The summed E-state index contributed by atoms with van der Waals surface area (Å²) < 4.78 is 0. The van der Waals surface area contributed by atoms with E-state index in [9.17, 15) is 9.59 Å². The quantitative estimate of drug-likeness (QED) is 0.329. The van der Waals surface area contributed by atoms with E-state index in [1.807, 2.05) is 72.8 Å². The summed E-state index contributed by atoms with van der Waals surface area (Å²) in [6, 6.07) is 34.1. The zero-order valence-electron chi connectivity index (χ0n) is 17.2. The molecule has 0 radical (unpaired) electrons. The van der Waals surface area contributed by atoms with E-state index in [0.717, 1.165) is 21.5 Å². The predicted octanol–water partition coefficient (Wildman–Crippen LogP) is 6.50. The van der Waals surface area contributed by atoms with Crippen molar-refractivity contribution in [1.29, 1.82) is 0 Å².